The molecule has 0 aliphatic rings. The van der Waals surface area contributed by atoms with E-state index in [9.17, 15) is 0 Å². The summed E-state index contributed by atoms with van der Waals surface area (Å²) in [5.41, 5.74) is 4.99. The van der Waals surface area contributed by atoms with E-state index in [0.29, 0.717) is 0 Å². The van der Waals surface area contributed by atoms with Gasteiger partial charge >= 0.3 is 0 Å². The van der Waals surface area contributed by atoms with Gasteiger partial charge in [-0.05, 0) is 55.2 Å². The minimum Gasteiger partial charge on any atom is -0.0654 e. The van der Waals surface area contributed by atoms with Crippen LogP contribution < -0.4 is 0 Å². The molecule has 0 bridgehead atoms. The lowest BCUT2D eigenvalue weighted by atomic mass is 9.91. The molecule has 0 heterocycles. The summed E-state index contributed by atoms with van der Waals surface area (Å²) in [5, 5.41) is 0. The van der Waals surface area contributed by atoms with Crippen LogP contribution in [0.15, 0.2) is 18.2 Å². The molecule has 0 amide bonds. The SMILES string of the molecule is CCCCCCCCc1cccc(CCCC)c1CCCC. The summed E-state index contributed by atoms with van der Waals surface area (Å²) >= 11 is 0. The van der Waals surface area contributed by atoms with Gasteiger partial charge in [0.05, 0.1) is 0 Å². The van der Waals surface area contributed by atoms with Crippen molar-refractivity contribution in [3.63, 3.8) is 0 Å². The number of benzene rings is 1. The molecule has 0 aromatic heterocycles. The van der Waals surface area contributed by atoms with Crippen molar-refractivity contribution in [2.24, 2.45) is 0 Å². The van der Waals surface area contributed by atoms with Crippen molar-refractivity contribution >= 4 is 0 Å². The average molecular weight is 303 g/mol. The van der Waals surface area contributed by atoms with Crippen molar-refractivity contribution in [1.82, 2.24) is 0 Å². The van der Waals surface area contributed by atoms with Crippen LogP contribution in [0, 0.1) is 0 Å². The summed E-state index contributed by atoms with van der Waals surface area (Å²) in [6, 6.07) is 7.07. The third-order valence-corrected chi connectivity index (χ3v) is 4.75. The minimum absolute atomic E-state index is 1.28. The number of rotatable bonds is 13. The molecule has 22 heavy (non-hydrogen) atoms. The van der Waals surface area contributed by atoms with Gasteiger partial charge in [-0.25, -0.2) is 0 Å². The van der Waals surface area contributed by atoms with Gasteiger partial charge < -0.3 is 0 Å². The van der Waals surface area contributed by atoms with E-state index in [1.807, 2.05) is 0 Å². The highest BCUT2D eigenvalue weighted by Gasteiger charge is 2.08. The molecule has 0 radical (unpaired) electrons. The van der Waals surface area contributed by atoms with Gasteiger partial charge in [0.1, 0.15) is 0 Å². The van der Waals surface area contributed by atoms with Gasteiger partial charge in [0.25, 0.3) is 0 Å². The standard InChI is InChI=1S/C22H38/c1-4-7-10-11-12-13-16-21-18-14-17-20(15-8-5-2)22(21)19-9-6-3/h14,17-18H,4-13,15-16,19H2,1-3H3. The second-order valence-electron chi connectivity index (χ2n) is 6.78. The molecule has 0 saturated carbocycles. The topological polar surface area (TPSA) is 0 Å². The Bertz CT molecular complexity index is 378. The highest BCUT2D eigenvalue weighted by atomic mass is 14.1. The van der Waals surface area contributed by atoms with Crippen molar-refractivity contribution in [3.05, 3.63) is 34.9 Å². The number of hydrogen-bond donors (Lipinski definition) is 0. The summed E-state index contributed by atoms with van der Waals surface area (Å²) in [6.45, 7) is 6.90. The van der Waals surface area contributed by atoms with E-state index >= 15 is 0 Å². The maximum atomic E-state index is 2.40. The van der Waals surface area contributed by atoms with Gasteiger partial charge in [0.15, 0.2) is 0 Å². The molecule has 0 aliphatic carbocycles. The lowest BCUT2D eigenvalue weighted by molar-refractivity contribution is 0.605. The maximum absolute atomic E-state index is 2.40. The zero-order valence-electron chi connectivity index (χ0n) is 15.4. The largest absolute Gasteiger partial charge is 0.0654 e. The first-order valence-corrected chi connectivity index (χ1v) is 9.93. The number of hydrogen-bond acceptors (Lipinski definition) is 0. The van der Waals surface area contributed by atoms with E-state index in [0.717, 1.165) is 0 Å². The van der Waals surface area contributed by atoms with Gasteiger partial charge in [0.2, 0.25) is 0 Å². The summed E-state index contributed by atoms with van der Waals surface area (Å²) in [7, 11) is 0. The fourth-order valence-electron chi connectivity index (χ4n) is 3.29. The smallest absolute Gasteiger partial charge is 0.0274 e. The van der Waals surface area contributed by atoms with E-state index in [4.69, 9.17) is 0 Å². The Kier molecular flexibility index (Phi) is 11.2. The molecule has 1 aromatic rings. The van der Waals surface area contributed by atoms with E-state index < -0.39 is 0 Å². The molecule has 0 spiro atoms. The molecule has 0 heteroatoms. The van der Waals surface area contributed by atoms with Crippen molar-refractivity contribution in [3.8, 4) is 0 Å². The second-order valence-corrected chi connectivity index (χ2v) is 6.78. The third kappa shape index (κ3) is 7.47. The van der Waals surface area contributed by atoms with Crippen LogP contribution in [0.2, 0.25) is 0 Å². The van der Waals surface area contributed by atoms with Crippen molar-refractivity contribution in [2.45, 2.75) is 104 Å². The van der Waals surface area contributed by atoms with Gasteiger partial charge in [0, 0.05) is 0 Å². The maximum Gasteiger partial charge on any atom is -0.0274 e. The van der Waals surface area contributed by atoms with Crippen LogP contribution in [-0.2, 0) is 19.3 Å². The average Bonchev–Trinajstić information content (AvgIpc) is 2.55. The molecule has 0 unspecified atom stereocenters. The predicted molar refractivity (Wildman–Crippen MR) is 101 cm³/mol. The fraction of sp³-hybridized carbons (Fsp3) is 0.727. The van der Waals surface area contributed by atoms with Crippen LogP contribution in [0.3, 0.4) is 0 Å². The minimum atomic E-state index is 1.28. The van der Waals surface area contributed by atoms with Gasteiger partial charge in [-0.1, -0.05) is 83.9 Å². The van der Waals surface area contributed by atoms with Crippen LogP contribution in [-0.4, -0.2) is 0 Å². The predicted octanol–water partition coefficient (Wildman–Crippen LogP) is 7.27. The van der Waals surface area contributed by atoms with E-state index in [-0.39, 0.29) is 0 Å². The van der Waals surface area contributed by atoms with Crippen LogP contribution in [0.25, 0.3) is 0 Å². The van der Waals surface area contributed by atoms with E-state index in [1.54, 1.807) is 16.7 Å². The Hall–Kier alpha value is -0.780. The summed E-state index contributed by atoms with van der Waals surface area (Å²) in [4.78, 5) is 0. The first-order chi connectivity index (χ1) is 10.8. The molecule has 1 aromatic carbocycles. The Morgan fingerprint density at radius 1 is 0.545 bits per heavy atom. The van der Waals surface area contributed by atoms with Crippen molar-refractivity contribution < 1.29 is 0 Å². The molecular formula is C22H38. The number of aryl methyl sites for hydroxylation is 2. The highest BCUT2D eigenvalue weighted by Crippen LogP contribution is 2.22. The molecule has 1 rings (SSSR count). The van der Waals surface area contributed by atoms with E-state index in [1.165, 1.54) is 83.5 Å². The molecule has 0 atom stereocenters. The molecule has 0 aliphatic heterocycles. The molecule has 0 N–H and O–H groups in total. The van der Waals surface area contributed by atoms with Gasteiger partial charge in [-0.15, -0.1) is 0 Å². The van der Waals surface area contributed by atoms with E-state index in [2.05, 4.69) is 39.0 Å². The molecule has 0 nitrogen and oxygen atoms in total. The van der Waals surface area contributed by atoms with Crippen LogP contribution in [0.5, 0.6) is 0 Å². The Balaban J connectivity index is 2.58. The zero-order chi connectivity index (χ0) is 16.0. The monoisotopic (exact) mass is 302 g/mol. The molecular weight excluding hydrogens is 264 g/mol. The third-order valence-electron chi connectivity index (χ3n) is 4.75. The summed E-state index contributed by atoms with van der Waals surface area (Å²) < 4.78 is 0. The normalized spacial score (nSPS) is 11.0. The van der Waals surface area contributed by atoms with Crippen molar-refractivity contribution in [2.75, 3.05) is 0 Å². The van der Waals surface area contributed by atoms with Gasteiger partial charge in [-0.3, -0.25) is 0 Å². The van der Waals surface area contributed by atoms with Gasteiger partial charge in [-0.2, -0.15) is 0 Å². The van der Waals surface area contributed by atoms with Crippen LogP contribution in [0.1, 0.15) is 102 Å². The Morgan fingerprint density at radius 2 is 1.05 bits per heavy atom. The fourth-order valence-corrected chi connectivity index (χ4v) is 3.29. The lowest BCUT2D eigenvalue weighted by Gasteiger charge is -2.15. The first kappa shape index (κ1) is 19.3. The second kappa shape index (κ2) is 12.7. The molecule has 0 saturated heterocycles. The Labute approximate surface area is 139 Å². The quantitative estimate of drug-likeness (QED) is 0.336. The molecule has 126 valence electrons. The molecule has 0 fully saturated rings. The zero-order valence-corrected chi connectivity index (χ0v) is 15.4. The van der Waals surface area contributed by atoms with Crippen molar-refractivity contribution in [1.29, 1.82) is 0 Å². The Morgan fingerprint density at radius 3 is 1.68 bits per heavy atom. The van der Waals surface area contributed by atoms with Crippen LogP contribution >= 0.6 is 0 Å². The first-order valence-electron chi connectivity index (χ1n) is 9.93. The summed E-state index contributed by atoms with van der Waals surface area (Å²) in [6.07, 6.45) is 17.5. The lowest BCUT2D eigenvalue weighted by Crippen LogP contribution is -2.01. The summed E-state index contributed by atoms with van der Waals surface area (Å²) in [5.74, 6) is 0. The van der Waals surface area contributed by atoms with Crippen LogP contribution in [0.4, 0.5) is 0 Å². The highest BCUT2D eigenvalue weighted by molar-refractivity contribution is 5.36. The number of unbranched alkanes of at least 4 members (excludes halogenated alkanes) is 7.